The van der Waals surface area contributed by atoms with Crippen LogP contribution in [0.2, 0.25) is 0 Å². The molecule has 2 aromatic rings. The van der Waals surface area contributed by atoms with Gasteiger partial charge in [-0.15, -0.1) is 5.10 Å². The van der Waals surface area contributed by atoms with Crippen molar-refractivity contribution >= 4 is 11.0 Å². The predicted octanol–water partition coefficient (Wildman–Crippen LogP) is 2.07. The van der Waals surface area contributed by atoms with Crippen LogP contribution in [0.1, 0.15) is 38.3 Å². The third-order valence-corrected chi connectivity index (χ3v) is 2.90. The Balaban J connectivity index is 2.68. The lowest BCUT2D eigenvalue weighted by molar-refractivity contribution is 0.527. The molecule has 1 aromatic heterocycles. The van der Waals surface area contributed by atoms with Crippen LogP contribution in [0.5, 0.6) is 0 Å². The molecule has 86 valence electrons. The van der Waals surface area contributed by atoms with Gasteiger partial charge in [0.05, 0.1) is 5.52 Å². The third kappa shape index (κ3) is 1.69. The van der Waals surface area contributed by atoms with Crippen molar-refractivity contribution in [3.8, 4) is 0 Å². The van der Waals surface area contributed by atoms with Gasteiger partial charge in [0, 0.05) is 6.04 Å². The quantitative estimate of drug-likeness (QED) is 0.858. The fourth-order valence-corrected chi connectivity index (χ4v) is 1.91. The van der Waals surface area contributed by atoms with Gasteiger partial charge in [-0.25, -0.2) is 4.68 Å². The van der Waals surface area contributed by atoms with Crippen molar-refractivity contribution in [3.05, 3.63) is 23.8 Å². The molecule has 16 heavy (non-hydrogen) atoms. The SMILES string of the molecule is CC(CN)c1cccc2nnn(C(C)C)c12. The van der Waals surface area contributed by atoms with Crippen molar-refractivity contribution in [2.45, 2.75) is 32.7 Å². The van der Waals surface area contributed by atoms with Crippen LogP contribution in [0, 0.1) is 0 Å². The van der Waals surface area contributed by atoms with E-state index >= 15 is 0 Å². The Bertz CT molecular complexity index is 487. The number of nitrogens with two attached hydrogens (primary N) is 1. The molecule has 0 spiro atoms. The second-order valence-corrected chi connectivity index (χ2v) is 4.48. The molecule has 0 saturated heterocycles. The van der Waals surface area contributed by atoms with Crippen LogP contribution in [-0.2, 0) is 0 Å². The van der Waals surface area contributed by atoms with Gasteiger partial charge in [0.25, 0.3) is 0 Å². The molecule has 0 amide bonds. The van der Waals surface area contributed by atoms with Gasteiger partial charge in [-0.05, 0) is 37.9 Å². The van der Waals surface area contributed by atoms with Gasteiger partial charge in [-0.3, -0.25) is 0 Å². The number of benzene rings is 1. The van der Waals surface area contributed by atoms with Crippen molar-refractivity contribution in [2.75, 3.05) is 6.54 Å². The van der Waals surface area contributed by atoms with E-state index < -0.39 is 0 Å². The summed E-state index contributed by atoms with van der Waals surface area (Å²) in [6, 6.07) is 6.44. The first-order chi connectivity index (χ1) is 7.65. The lowest BCUT2D eigenvalue weighted by atomic mass is 9.99. The van der Waals surface area contributed by atoms with E-state index in [1.165, 1.54) is 5.56 Å². The van der Waals surface area contributed by atoms with Crippen LogP contribution in [0.3, 0.4) is 0 Å². The molecule has 2 rings (SSSR count). The minimum absolute atomic E-state index is 0.316. The van der Waals surface area contributed by atoms with Gasteiger partial charge in [-0.1, -0.05) is 24.3 Å². The van der Waals surface area contributed by atoms with Crippen LogP contribution in [0.4, 0.5) is 0 Å². The predicted molar refractivity (Wildman–Crippen MR) is 65.4 cm³/mol. The number of hydrogen-bond acceptors (Lipinski definition) is 3. The molecule has 1 heterocycles. The van der Waals surface area contributed by atoms with E-state index in [0.717, 1.165) is 11.0 Å². The number of fused-ring (bicyclic) bond motifs is 1. The van der Waals surface area contributed by atoms with Crippen LogP contribution in [0.25, 0.3) is 11.0 Å². The summed E-state index contributed by atoms with van der Waals surface area (Å²) in [6.07, 6.45) is 0. The Morgan fingerprint density at radius 3 is 2.69 bits per heavy atom. The number of hydrogen-bond donors (Lipinski definition) is 1. The maximum atomic E-state index is 5.74. The van der Waals surface area contributed by atoms with Crippen molar-refractivity contribution in [3.63, 3.8) is 0 Å². The molecular weight excluding hydrogens is 200 g/mol. The molecule has 4 heteroatoms. The van der Waals surface area contributed by atoms with E-state index in [9.17, 15) is 0 Å². The van der Waals surface area contributed by atoms with E-state index in [0.29, 0.717) is 18.5 Å². The maximum Gasteiger partial charge on any atom is 0.113 e. The summed E-state index contributed by atoms with van der Waals surface area (Å²) in [5.41, 5.74) is 9.05. The van der Waals surface area contributed by atoms with Crippen molar-refractivity contribution in [1.82, 2.24) is 15.0 Å². The molecule has 0 saturated carbocycles. The Hall–Kier alpha value is -1.42. The number of nitrogens with zero attached hydrogens (tertiary/aromatic N) is 3. The Morgan fingerprint density at radius 2 is 2.06 bits per heavy atom. The van der Waals surface area contributed by atoms with Crippen LogP contribution in [-0.4, -0.2) is 21.5 Å². The van der Waals surface area contributed by atoms with Crippen molar-refractivity contribution < 1.29 is 0 Å². The zero-order valence-electron chi connectivity index (χ0n) is 10.0. The van der Waals surface area contributed by atoms with Crippen molar-refractivity contribution in [1.29, 1.82) is 0 Å². The molecule has 0 aliphatic heterocycles. The molecule has 0 aliphatic carbocycles. The third-order valence-electron chi connectivity index (χ3n) is 2.90. The molecule has 1 aromatic carbocycles. The van der Waals surface area contributed by atoms with E-state index in [4.69, 9.17) is 5.73 Å². The largest absolute Gasteiger partial charge is 0.330 e. The number of para-hydroxylation sites is 1. The minimum atomic E-state index is 0.316. The summed E-state index contributed by atoms with van der Waals surface area (Å²) in [5, 5.41) is 8.39. The van der Waals surface area contributed by atoms with Crippen molar-refractivity contribution in [2.24, 2.45) is 5.73 Å². The van der Waals surface area contributed by atoms with Crippen LogP contribution in [0.15, 0.2) is 18.2 Å². The molecule has 2 N–H and O–H groups in total. The highest BCUT2D eigenvalue weighted by Crippen LogP contribution is 2.25. The average Bonchev–Trinajstić information content (AvgIpc) is 2.71. The highest BCUT2D eigenvalue weighted by atomic mass is 15.4. The first-order valence-corrected chi connectivity index (χ1v) is 5.69. The number of aromatic nitrogens is 3. The van der Waals surface area contributed by atoms with E-state index in [2.05, 4.69) is 37.1 Å². The van der Waals surface area contributed by atoms with Gasteiger partial charge >= 0.3 is 0 Å². The van der Waals surface area contributed by atoms with E-state index in [1.54, 1.807) is 0 Å². The zero-order chi connectivity index (χ0) is 11.7. The molecule has 1 atom stereocenters. The fraction of sp³-hybridized carbons (Fsp3) is 0.500. The molecule has 1 unspecified atom stereocenters. The fourth-order valence-electron chi connectivity index (χ4n) is 1.91. The standard InChI is InChI=1S/C12H18N4/c1-8(2)16-12-10(9(3)7-13)5-4-6-11(12)14-15-16/h4-6,8-9H,7,13H2,1-3H3. The molecule has 0 radical (unpaired) electrons. The Morgan fingerprint density at radius 1 is 1.31 bits per heavy atom. The smallest absolute Gasteiger partial charge is 0.113 e. The summed E-state index contributed by atoms with van der Waals surface area (Å²) in [4.78, 5) is 0. The summed E-state index contributed by atoms with van der Waals surface area (Å²) >= 11 is 0. The second kappa shape index (κ2) is 4.22. The lowest BCUT2D eigenvalue weighted by Gasteiger charge is -2.13. The Kier molecular flexibility index (Phi) is 2.92. The Labute approximate surface area is 95.4 Å². The average molecular weight is 218 g/mol. The van der Waals surface area contributed by atoms with E-state index in [1.807, 2.05) is 16.8 Å². The number of rotatable bonds is 3. The first kappa shape index (κ1) is 11.1. The van der Waals surface area contributed by atoms with Gasteiger partial charge in [0.15, 0.2) is 0 Å². The normalized spacial score (nSPS) is 13.6. The van der Waals surface area contributed by atoms with Gasteiger partial charge in [0.2, 0.25) is 0 Å². The summed E-state index contributed by atoms with van der Waals surface area (Å²) in [5.74, 6) is 0.333. The van der Waals surface area contributed by atoms with Crippen LogP contribution >= 0.6 is 0 Å². The zero-order valence-corrected chi connectivity index (χ0v) is 10.0. The highest BCUT2D eigenvalue weighted by Gasteiger charge is 2.14. The summed E-state index contributed by atoms with van der Waals surface area (Å²) in [7, 11) is 0. The molecule has 4 nitrogen and oxygen atoms in total. The minimum Gasteiger partial charge on any atom is -0.330 e. The molecular formula is C12H18N4. The summed E-state index contributed by atoms with van der Waals surface area (Å²) < 4.78 is 1.97. The second-order valence-electron chi connectivity index (χ2n) is 4.48. The maximum absolute atomic E-state index is 5.74. The van der Waals surface area contributed by atoms with Gasteiger partial charge < -0.3 is 5.73 Å². The lowest BCUT2D eigenvalue weighted by Crippen LogP contribution is -2.11. The molecule has 0 bridgehead atoms. The van der Waals surface area contributed by atoms with E-state index in [-0.39, 0.29) is 0 Å². The summed E-state index contributed by atoms with van der Waals surface area (Å²) in [6.45, 7) is 6.99. The van der Waals surface area contributed by atoms with Crippen LogP contribution < -0.4 is 5.73 Å². The molecule has 0 aliphatic rings. The van der Waals surface area contributed by atoms with Gasteiger partial charge in [-0.2, -0.15) is 0 Å². The molecule has 0 fully saturated rings. The monoisotopic (exact) mass is 218 g/mol. The topological polar surface area (TPSA) is 56.7 Å². The highest BCUT2D eigenvalue weighted by molar-refractivity contribution is 5.78. The first-order valence-electron chi connectivity index (χ1n) is 5.69. The van der Waals surface area contributed by atoms with Gasteiger partial charge in [0.1, 0.15) is 5.52 Å².